The summed E-state index contributed by atoms with van der Waals surface area (Å²) in [5.41, 5.74) is 0.0641. The maximum Gasteiger partial charge on any atom is 0.337 e. The minimum absolute atomic E-state index is 0.000785. The SMILES string of the molecule is CC(C)(CCCO)CNc1ncc(C(=O)O)cc1Cl. The molecule has 1 aromatic rings. The lowest BCUT2D eigenvalue weighted by Gasteiger charge is -2.25. The van der Waals surface area contributed by atoms with Crippen LogP contribution in [0.1, 0.15) is 37.0 Å². The Morgan fingerprint density at radius 3 is 2.74 bits per heavy atom. The first-order valence-corrected chi connectivity index (χ1v) is 6.47. The van der Waals surface area contributed by atoms with Crippen molar-refractivity contribution in [1.82, 2.24) is 4.98 Å². The number of carboxylic acids is 1. The summed E-state index contributed by atoms with van der Waals surface area (Å²) in [6, 6.07) is 1.37. The van der Waals surface area contributed by atoms with Gasteiger partial charge in [-0.3, -0.25) is 0 Å². The molecule has 0 radical (unpaired) electrons. The third-order valence-electron chi connectivity index (χ3n) is 2.83. The Morgan fingerprint density at radius 2 is 2.21 bits per heavy atom. The lowest BCUT2D eigenvalue weighted by atomic mass is 9.88. The third-order valence-corrected chi connectivity index (χ3v) is 3.12. The van der Waals surface area contributed by atoms with Crippen molar-refractivity contribution in [2.75, 3.05) is 18.5 Å². The molecule has 0 unspecified atom stereocenters. The number of pyridine rings is 1. The molecule has 1 heterocycles. The van der Waals surface area contributed by atoms with E-state index in [1.54, 1.807) is 0 Å². The fourth-order valence-electron chi connectivity index (χ4n) is 1.65. The number of aliphatic hydroxyl groups is 1. The Morgan fingerprint density at radius 1 is 1.53 bits per heavy atom. The van der Waals surface area contributed by atoms with E-state index in [0.717, 1.165) is 12.8 Å². The molecule has 3 N–H and O–H groups in total. The summed E-state index contributed by atoms with van der Waals surface area (Å²) in [6.07, 6.45) is 2.90. The van der Waals surface area contributed by atoms with E-state index in [9.17, 15) is 4.79 Å². The second kappa shape index (κ2) is 6.73. The third kappa shape index (κ3) is 5.04. The number of hydrogen-bond acceptors (Lipinski definition) is 4. The van der Waals surface area contributed by atoms with E-state index in [2.05, 4.69) is 24.1 Å². The number of halogens is 1. The van der Waals surface area contributed by atoms with Gasteiger partial charge in [0.2, 0.25) is 0 Å². The summed E-state index contributed by atoms with van der Waals surface area (Å²) in [5, 5.41) is 21.0. The predicted molar refractivity (Wildman–Crippen MR) is 74.8 cm³/mol. The number of hydrogen-bond donors (Lipinski definition) is 3. The molecule has 5 nitrogen and oxygen atoms in total. The van der Waals surface area contributed by atoms with E-state index in [1.165, 1.54) is 12.3 Å². The van der Waals surface area contributed by atoms with E-state index < -0.39 is 5.97 Å². The van der Waals surface area contributed by atoms with Gasteiger partial charge in [-0.2, -0.15) is 0 Å². The number of aromatic carboxylic acids is 1. The van der Waals surface area contributed by atoms with Crippen LogP contribution < -0.4 is 5.32 Å². The quantitative estimate of drug-likeness (QED) is 0.718. The summed E-state index contributed by atoms with van der Waals surface area (Å²) < 4.78 is 0. The highest BCUT2D eigenvalue weighted by atomic mass is 35.5. The van der Waals surface area contributed by atoms with Crippen molar-refractivity contribution in [2.45, 2.75) is 26.7 Å². The average Bonchev–Trinajstić information content (AvgIpc) is 2.35. The Labute approximate surface area is 117 Å². The van der Waals surface area contributed by atoms with Gasteiger partial charge in [0.25, 0.3) is 0 Å². The van der Waals surface area contributed by atoms with Gasteiger partial charge >= 0.3 is 5.97 Å². The molecular weight excluding hydrogens is 268 g/mol. The molecular formula is C13H19ClN2O3. The molecule has 0 atom stereocenters. The molecule has 0 saturated heterocycles. The van der Waals surface area contributed by atoms with Crippen LogP contribution in [0.2, 0.25) is 5.02 Å². The molecule has 0 saturated carbocycles. The number of aliphatic hydroxyl groups excluding tert-OH is 1. The maximum atomic E-state index is 10.8. The molecule has 0 fully saturated rings. The van der Waals surface area contributed by atoms with Gasteiger partial charge in [0, 0.05) is 19.3 Å². The van der Waals surface area contributed by atoms with E-state index in [4.69, 9.17) is 21.8 Å². The number of nitrogens with zero attached hydrogens (tertiary/aromatic N) is 1. The first kappa shape index (κ1) is 15.7. The van der Waals surface area contributed by atoms with Crippen LogP contribution in [-0.4, -0.2) is 34.3 Å². The van der Waals surface area contributed by atoms with Gasteiger partial charge in [-0.1, -0.05) is 25.4 Å². The van der Waals surface area contributed by atoms with Crippen LogP contribution in [-0.2, 0) is 0 Å². The van der Waals surface area contributed by atoms with Crippen molar-refractivity contribution in [3.63, 3.8) is 0 Å². The molecule has 0 amide bonds. The first-order valence-electron chi connectivity index (χ1n) is 6.09. The molecule has 0 bridgehead atoms. The number of carbonyl (C=O) groups is 1. The minimum Gasteiger partial charge on any atom is -0.478 e. The van der Waals surface area contributed by atoms with Crippen LogP contribution in [0.15, 0.2) is 12.3 Å². The Balaban J connectivity index is 2.65. The largest absolute Gasteiger partial charge is 0.478 e. The summed E-state index contributed by atoms with van der Waals surface area (Å²) in [4.78, 5) is 14.8. The van der Waals surface area contributed by atoms with Gasteiger partial charge in [0.15, 0.2) is 0 Å². The summed E-state index contributed by atoms with van der Waals surface area (Å²) >= 11 is 5.98. The number of aromatic nitrogens is 1. The molecule has 0 spiro atoms. The van der Waals surface area contributed by atoms with Gasteiger partial charge in [-0.15, -0.1) is 0 Å². The van der Waals surface area contributed by atoms with Crippen molar-refractivity contribution < 1.29 is 15.0 Å². The number of nitrogens with one attached hydrogen (secondary N) is 1. The fraction of sp³-hybridized carbons (Fsp3) is 0.538. The van der Waals surface area contributed by atoms with Crippen LogP contribution in [0.25, 0.3) is 0 Å². The lowest BCUT2D eigenvalue weighted by molar-refractivity contribution is 0.0696. The van der Waals surface area contributed by atoms with Crippen LogP contribution in [0.3, 0.4) is 0 Å². The molecule has 106 valence electrons. The topological polar surface area (TPSA) is 82.5 Å². The van der Waals surface area contributed by atoms with Gasteiger partial charge in [-0.05, 0) is 24.3 Å². The zero-order valence-corrected chi connectivity index (χ0v) is 11.9. The van der Waals surface area contributed by atoms with Crippen molar-refractivity contribution in [2.24, 2.45) is 5.41 Å². The predicted octanol–water partition coefficient (Wildman–Crippen LogP) is 2.64. The van der Waals surface area contributed by atoms with Crippen molar-refractivity contribution >= 4 is 23.4 Å². The zero-order chi connectivity index (χ0) is 14.5. The van der Waals surface area contributed by atoms with Crippen LogP contribution in [0, 0.1) is 5.41 Å². The van der Waals surface area contributed by atoms with Crippen LogP contribution in [0.4, 0.5) is 5.82 Å². The molecule has 6 heteroatoms. The molecule has 0 aliphatic carbocycles. The summed E-state index contributed by atoms with van der Waals surface area (Å²) in [6.45, 7) is 4.98. The first-order chi connectivity index (χ1) is 8.85. The standard InChI is InChI=1S/C13H19ClN2O3/c1-13(2,4-3-5-17)8-16-11-10(14)6-9(7-15-11)12(18)19/h6-7,17H,3-5,8H2,1-2H3,(H,15,16)(H,18,19). The molecule has 0 aliphatic rings. The Kier molecular flexibility index (Phi) is 5.57. The number of carboxylic acid groups (broad SMARTS) is 1. The minimum atomic E-state index is -1.05. The lowest BCUT2D eigenvalue weighted by Crippen LogP contribution is -2.24. The highest BCUT2D eigenvalue weighted by Gasteiger charge is 2.18. The van der Waals surface area contributed by atoms with Gasteiger partial charge < -0.3 is 15.5 Å². The van der Waals surface area contributed by atoms with E-state index in [-0.39, 0.29) is 22.6 Å². The summed E-state index contributed by atoms with van der Waals surface area (Å²) in [5.74, 6) is -0.576. The molecule has 1 aromatic heterocycles. The van der Waals surface area contributed by atoms with E-state index in [0.29, 0.717) is 12.4 Å². The maximum absolute atomic E-state index is 10.8. The molecule has 0 aromatic carbocycles. The summed E-state index contributed by atoms with van der Waals surface area (Å²) in [7, 11) is 0. The Bertz CT molecular complexity index is 450. The highest BCUT2D eigenvalue weighted by molar-refractivity contribution is 6.33. The smallest absolute Gasteiger partial charge is 0.337 e. The van der Waals surface area contributed by atoms with Crippen molar-refractivity contribution in [1.29, 1.82) is 0 Å². The monoisotopic (exact) mass is 286 g/mol. The van der Waals surface area contributed by atoms with Gasteiger partial charge in [0.05, 0.1) is 10.6 Å². The second-order valence-electron chi connectivity index (χ2n) is 5.20. The molecule has 0 aliphatic heterocycles. The molecule has 19 heavy (non-hydrogen) atoms. The van der Waals surface area contributed by atoms with E-state index >= 15 is 0 Å². The van der Waals surface area contributed by atoms with Crippen LogP contribution >= 0.6 is 11.6 Å². The fourth-order valence-corrected chi connectivity index (χ4v) is 1.89. The number of anilines is 1. The average molecular weight is 287 g/mol. The second-order valence-corrected chi connectivity index (χ2v) is 5.61. The van der Waals surface area contributed by atoms with Crippen molar-refractivity contribution in [3.05, 3.63) is 22.8 Å². The zero-order valence-electron chi connectivity index (χ0n) is 11.1. The molecule has 1 rings (SSSR count). The number of rotatable bonds is 7. The normalized spacial score (nSPS) is 11.4. The van der Waals surface area contributed by atoms with Crippen molar-refractivity contribution in [3.8, 4) is 0 Å². The van der Waals surface area contributed by atoms with Gasteiger partial charge in [-0.25, -0.2) is 9.78 Å². The van der Waals surface area contributed by atoms with Crippen LogP contribution in [0.5, 0.6) is 0 Å². The van der Waals surface area contributed by atoms with E-state index in [1.807, 2.05) is 0 Å². The Hall–Kier alpha value is -1.33. The van der Waals surface area contributed by atoms with Gasteiger partial charge in [0.1, 0.15) is 5.82 Å². The highest BCUT2D eigenvalue weighted by Crippen LogP contribution is 2.25.